The summed E-state index contributed by atoms with van der Waals surface area (Å²) in [5.74, 6) is -0.568. The number of Topliss-reactive ketones (excluding diaryl/α,β-unsaturated/α-hetero) is 1. The number of unbranched alkanes of at least 4 members (excludes halogenated alkanes) is 6. The number of hydrogen-bond acceptors (Lipinski definition) is 5. The van der Waals surface area contributed by atoms with Crippen LogP contribution in [0.4, 0.5) is 0 Å². The van der Waals surface area contributed by atoms with Crippen molar-refractivity contribution in [3.63, 3.8) is 0 Å². The zero-order valence-corrected chi connectivity index (χ0v) is 24.9. The Morgan fingerprint density at radius 3 is 2.26 bits per heavy atom. The van der Waals surface area contributed by atoms with Crippen molar-refractivity contribution in [3.05, 3.63) is 0 Å². The maximum Gasteiger partial charge on any atom is 0.481 e. The monoisotopic (exact) mass is 532 g/mol. The molecule has 1 aliphatic heterocycles. The lowest BCUT2D eigenvalue weighted by molar-refractivity contribution is -0.199. The Labute approximate surface area is 231 Å². The molecular formula is C30H53BN2O5. The molecular weight excluding hydrogens is 479 g/mol. The molecule has 3 aliphatic carbocycles. The highest BCUT2D eigenvalue weighted by Gasteiger charge is 2.68. The van der Waals surface area contributed by atoms with Gasteiger partial charge in [-0.1, -0.05) is 73.1 Å². The third-order valence-electron chi connectivity index (χ3n) is 9.70. The zero-order valence-electron chi connectivity index (χ0n) is 24.9. The first-order valence-electron chi connectivity index (χ1n) is 15.3. The average Bonchev–Trinajstić information content (AvgIpc) is 3.19. The molecule has 216 valence electrons. The van der Waals surface area contributed by atoms with E-state index >= 15 is 0 Å². The van der Waals surface area contributed by atoms with Crippen LogP contribution >= 0.6 is 0 Å². The van der Waals surface area contributed by atoms with Gasteiger partial charge < -0.3 is 20.4 Å². The standard InChI is InChI=1S/C30H53BN2O5/c1-7-8-9-10-11-12-13-14-23(34)16-21(17-27(32)35)28(36)33-26(15-20(2)3)31-37-25-19-22-18-24(29(22,4)5)30(25,6)38-31/h20-22,24-26H,7-19H2,1-6H3,(H2,32,35)(H,33,36)/t21-,22-,24-,25+,26-,30-/m0/s1. The predicted molar refractivity (Wildman–Crippen MR) is 151 cm³/mol. The van der Waals surface area contributed by atoms with Crippen LogP contribution in [0.3, 0.4) is 0 Å². The first kappa shape index (κ1) is 31.1. The lowest BCUT2D eigenvalue weighted by atomic mass is 9.43. The molecule has 0 aromatic heterocycles. The maximum absolute atomic E-state index is 13.4. The molecule has 0 radical (unpaired) electrons. The second-order valence-corrected chi connectivity index (χ2v) is 13.6. The first-order valence-corrected chi connectivity index (χ1v) is 15.3. The van der Waals surface area contributed by atoms with Crippen molar-refractivity contribution in [3.8, 4) is 0 Å². The Bertz CT molecular complexity index is 833. The van der Waals surface area contributed by atoms with Crippen LogP contribution in [0.1, 0.15) is 125 Å². The summed E-state index contributed by atoms with van der Waals surface area (Å²) in [6, 6.07) is 0. The Hall–Kier alpha value is -1.41. The van der Waals surface area contributed by atoms with Gasteiger partial charge in [0.2, 0.25) is 11.8 Å². The van der Waals surface area contributed by atoms with Crippen molar-refractivity contribution in [2.75, 3.05) is 0 Å². The predicted octanol–water partition coefficient (Wildman–Crippen LogP) is 5.38. The van der Waals surface area contributed by atoms with Crippen LogP contribution in [0.5, 0.6) is 0 Å². The van der Waals surface area contributed by atoms with Crippen molar-refractivity contribution in [1.82, 2.24) is 5.32 Å². The van der Waals surface area contributed by atoms with Gasteiger partial charge >= 0.3 is 7.12 Å². The first-order chi connectivity index (χ1) is 17.9. The van der Waals surface area contributed by atoms with Gasteiger partial charge in [-0.2, -0.15) is 0 Å². The summed E-state index contributed by atoms with van der Waals surface area (Å²) in [7, 11) is -0.538. The largest absolute Gasteiger partial charge is 0.481 e. The van der Waals surface area contributed by atoms with Crippen LogP contribution < -0.4 is 11.1 Å². The number of hydrogen-bond donors (Lipinski definition) is 2. The van der Waals surface area contributed by atoms with E-state index in [4.69, 9.17) is 15.0 Å². The Balaban J connectivity index is 1.58. The average molecular weight is 533 g/mol. The molecule has 0 spiro atoms. The molecule has 4 aliphatic rings. The van der Waals surface area contributed by atoms with Gasteiger partial charge in [0.15, 0.2) is 0 Å². The van der Waals surface area contributed by atoms with E-state index in [1.54, 1.807) is 0 Å². The van der Waals surface area contributed by atoms with Gasteiger partial charge in [-0.15, -0.1) is 0 Å². The Morgan fingerprint density at radius 1 is 1.00 bits per heavy atom. The quantitative estimate of drug-likeness (QED) is 0.193. The van der Waals surface area contributed by atoms with E-state index < -0.39 is 18.9 Å². The van der Waals surface area contributed by atoms with E-state index in [-0.39, 0.29) is 47.6 Å². The molecule has 1 saturated heterocycles. The molecule has 7 nitrogen and oxygen atoms in total. The summed E-state index contributed by atoms with van der Waals surface area (Å²) in [5.41, 5.74) is 5.36. The number of nitrogens with one attached hydrogen (secondary N) is 1. The summed E-state index contributed by atoms with van der Waals surface area (Å²) < 4.78 is 13.1. The van der Waals surface area contributed by atoms with Gasteiger partial charge in [-0.3, -0.25) is 14.4 Å². The van der Waals surface area contributed by atoms with Gasteiger partial charge in [0.05, 0.1) is 23.6 Å². The van der Waals surface area contributed by atoms with E-state index in [0.29, 0.717) is 30.6 Å². The van der Waals surface area contributed by atoms with Crippen molar-refractivity contribution in [1.29, 1.82) is 0 Å². The lowest BCUT2D eigenvalue weighted by Gasteiger charge is -2.64. The molecule has 2 amide bonds. The minimum absolute atomic E-state index is 0.0225. The molecule has 3 N–H and O–H groups in total. The van der Waals surface area contributed by atoms with Crippen LogP contribution in [0.25, 0.3) is 0 Å². The summed E-state index contributed by atoms with van der Waals surface area (Å²) in [4.78, 5) is 38.0. The van der Waals surface area contributed by atoms with Gasteiger partial charge in [0, 0.05) is 19.3 Å². The summed E-state index contributed by atoms with van der Waals surface area (Å²) in [6.45, 7) is 13.2. The van der Waals surface area contributed by atoms with Crippen LogP contribution in [0, 0.1) is 29.1 Å². The van der Waals surface area contributed by atoms with Gasteiger partial charge in [-0.25, -0.2) is 0 Å². The third kappa shape index (κ3) is 7.41. The summed E-state index contributed by atoms with van der Waals surface area (Å²) >= 11 is 0. The maximum atomic E-state index is 13.4. The van der Waals surface area contributed by atoms with Gasteiger partial charge in [0.25, 0.3) is 0 Å². The van der Waals surface area contributed by atoms with Crippen molar-refractivity contribution in [2.24, 2.45) is 34.8 Å². The number of ketones is 1. The molecule has 0 unspecified atom stereocenters. The second-order valence-electron chi connectivity index (χ2n) is 13.6. The molecule has 8 heteroatoms. The topological polar surface area (TPSA) is 108 Å². The SMILES string of the molecule is CCCCCCCCCC(=O)C[C@@H](CC(N)=O)C(=O)N[C@@H](CC(C)C)B1O[C@@H]2C[C@@H]3C[C@@H](C3(C)C)[C@]2(C)O1. The van der Waals surface area contributed by atoms with E-state index in [1.807, 2.05) is 0 Å². The number of primary amides is 1. The highest BCUT2D eigenvalue weighted by Crippen LogP contribution is 2.65. The van der Waals surface area contributed by atoms with Crippen LogP contribution in [-0.4, -0.2) is 42.4 Å². The molecule has 4 rings (SSSR count). The van der Waals surface area contributed by atoms with Gasteiger partial charge in [0.1, 0.15) is 5.78 Å². The van der Waals surface area contributed by atoms with Crippen LogP contribution in [-0.2, 0) is 23.7 Å². The number of amides is 2. The van der Waals surface area contributed by atoms with E-state index in [9.17, 15) is 14.4 Å². The number of carbonyl (C=O) groups excluding carboxylic acids is 3. The fourth-order valence-corrected chi connectivity index (χ4v) is 7.27. The fourth-order valence-electron chi connectivity index (χ4n) is 7.27. The number of carbonyl (C=O) groups is 3. The number of rotatable bonds is 17. The molecule has 4 fully saturated rings. The van der Waals surface area contributed by atoms with E-state index in [1.165, 1.54) is 32.1 Å². The molecule has 2 bridgehead atoms. The van der Waals surface area contributed by atoms with Gasteiger partial charge in [-0.05, 0) is 55.8 Å². The lowest BCUT2D eigenvalue weighted by Crippen LogP contribution is -2.65. The highest BCUT2D eigenvalue weighted by molar-refractivity contribution is 6.47. The molecule has 3 saturated carbocycles. The smallest absolute Gasteiger partial charge is 0.404 e. The minimum Gasteiger partial charge on any atom is -0.404 e. The van der Waals surface area contributed by atoms with Crippen LogP contribution in [0.15, 0.2) is 0 Å². The van der Waals surface area contributed by atoms with Crippen molar-refractivity contribution in [2.45, 2.75) is 143 Å². The van der Waals surface area contributed by atoms with Crippen molar-refractivity contribution < 1.29 is 23.7 Å². The normalized spacial score (nSPS) is 28.9. The molecule has 6 atom stereocenters. The minimum atomic E-state index is -0.759. The summed E-state index contributed by atoms with van der Waals surface area (Å²) in [5, 5.41) is 3.12. The van der Waals surface area contributed by atoms with E-state index in [2.05, 4.69) is 46.9 Å². The fraction of sp³-hybridized carbons (Fsp3) is 0.900. The third-order valence-corrected chi connectivity index (χ3v) is 9.70. The Kier molecular flexibility index (Phi) is 10.9. The second kappa shape index (κ2) is 13.3. The van der Waals surface area contributed by atoms with Crippen LogP contribution in [0.2, 0.25) is 0 Å². The molecule has 0 aromatic carbocycles. The van der Waals surface area contributed by atoms with Crippen molar-refractivity contribution >= 4 is 24.7 Å². The number of nitrogens with two attached hydrogens (primary N) is 1. The zero-order chi connectivity index (χ0) is 28.1. The highest BCUT2D eigenvalue weighted by atomic mass is 16.7. The van der Waals surface area contributed by atoms with E-state index in [0.717, 1.165) is 25.7 Å². The molecule has 0 aromatic rings. The molecule has 1 heterocycles. The Morgan fingerprint density at radius 2 is 1.66 bits per heavy atom. The summed E-state index contributed by atoms with van der Waals surface area (Å²) in [6.07, 6.45) is 11.1. The molecule has 38 heavy (non-hydrogen) atoms.